The van der Waals surface area contributed by atoms with Crippen LogP contribution >= 0.6 is 0 Å². The second-order valence-electron chi connectivity index (χ2n) is 10.7. The monoisotopic (exact) mass is 759 g/mol. The topological polar surface area (TPSA) is 184 Å². The average Bonchev–Trinajstić information content (AvgIpc) is 3.54. The van der Waals surface area contributed by atoms with Crippen LogP contribution in [0.5, 0.6) is 17.2 Å². The third kappa shape index (κ3) is 13.2. The Morgan fingerprint density at radius 2 is 1.45 bits per heavy atom. The van der Waals surface area contributed by atoms with E-state index in [0.29, 0.717) is 41.7 Å². The van der Waals surface area contributed by atoms with Gasteiger partial charge in [0.15, 0.2) is 11.6 Å². The highest BCUT2D eigenvalue weighted by Crippen LogP contribution is 2.38. The maximum atomic E-state index is 16.0. The first-order valence-electron chi connectivity index (χ1n) is 15.4. The van der Waals surface area contributed by atoms with Crippen LogP contribution in [0.2, 0.25) is 0 Å². The lowest BCUT2D eigenvalue weighted by Gasteiger charge is -2.26. The van der Waals surface area contributed by atoms with Gasteiger partial charge in [0.25, 0.3) is 0 Å². The zero-order valence-corrected chi connectivity index (χ0v) is 28.6. The number of halogens is 7. The highest BCUT2D eigenvalue weighted by atomic mass is 19.4. The number of carboxylic acid groups (broad SMARTS) is 2. The summed E-state index contributed by atoms with van der Waals surface area (Å²) in [6.07, 6.45) is -8.59. The van der Waals surface area contributed by atoms with Crippen LogP contribution in [0.4, 0.5) is 42.1 Å². The number of hydrogen-bond donors (Lipinski definition) is 5. The largest absolute Gasteiger partial charge is 0.494 e. The van der Waals surface area contributed by atoms with E-state index >= 15 is 4.39 Å². The maximum Gasteiger partial charge on any atom is 0.490 e. The average molecular weight is 760 g/mol. The van der Waals surface area contributed by atoms with Gasteiger partial charge < -0.3 is 40.0 Å². The molecule has 12 nitrogen and oxygen atoms in total. The fourth-order valence-corrected chi connectivity index (χ4v) is 4.17. The molecule has 0 atom stereocenters. The Hall–Kier alpha value is -6.01. The third-order valence-electron chi connectivity index (χ3n) is 6.33. The minimum atomic E-state index is -5.08. The highest BCUT2D eigenvalue weighted by Gasteiger charge is 2.39. The number of H-pyrrole nitrogens is 1. The minimum Gasteiger partial charge on any atom is -0.494 e. The van der Waals surface area contributed by atoms with E-state index in [-0.39, 0.29) is 29.9 Å². The quantitative estimate of drug-likeness (QED) is 0.0545. The number of aromatic amines is 1. The number of nitrogens with one attached hydrogen (secondary N) is 2. The van der Waals surface area contributed by atoms with Gasteiger partial charge in [0.1, 0.15) is 23.2 Å². The molecule has 0 unspecified atom stereocenters. The molecule has 1 aromatic heterocycles. The van der Waals surface area contributed by atoms with E-state index in [4.69, 9.17) is 50.1 Å². The normalized spacial score (nSPS) is 11.0. The molecule has 0 aliphatic rings. The van der Waals surface area contributed by atoms with Crippen molar-refractivity contribution < 1.29 is 64.7 Å². The van der Waals surface area contributed by atoms with Crippen molar-refractivity contribution in [1.82, 2.24) is 9.97 Å². The molecular formula is C34H36F7N5O7. The number of anilines is 2. The Balaban J connectivity index is 0.000000587. The summed E-state index contributed by atoms with van der Waals surface area (Å²) in [5.41, 5.74) is 8.74. The number of nitrogens with two attached hydrogens (primary N) is 1. The number of carbonyl (C=O) groups is 2. The van der Waals surface area contributed by atoms with Gasteiger partial charge in [0, 0.05) is 35.1 Å². The number of aliphatic carboxylic acids is 2. The molecule has 0 amide bonds. The van der Waals surface area contributed by atoms with Crippen LogP contribution in [0, 0.1) is 11.2 Å². The fraction of sp³-hybridized carbons (Fsp3) is 0.294. The number of para-hydroxylation sites is 1. The number of rotatable bonds is 12. The van der Waals surface area contributed by atoms with E-state index in [2.05, 4.69) is 4.98 Å². The van der Waals surface area contributed by atoms with Gasteiger partial charge in [0.05, 0.1) is 37.2 Å². The maximum absolute atomic E-state index is 16.0. The minimum absolute atomic E-state index is 0.0473. The molecule has 4 rings (SSSR count). The number of nitrogens with zero attached hydrogens (tertiary/aromatic N) is 2. The number of hydrogen-bond acceptors (Lipinski definition) is 8. The Labute approximate surface area is 298 Å². The number of alkyl halides is 6. The number of benzene rings is 3. The van der Waals surface area contributed by atoms with Crippen LogP contribution in [0.1, 0.15) is 39.1 Å². The van der Waals surface area contributed by atoms with Gasteiger partial charge in [-0.2, -0.15) is 26.3 Å². The van der Waals surface area contributed by atoms with Crippen LogP contribution in [0.25, 0.3) is 11.3 Å². The van der Waals surface area contributed by atoms with E-state index in [1.54, 1.807) is 41.3 Å². The summed E-state index contributed by atoms with van der Waals surface area (Å²) in [5.74, 6) is -4.15. The molecule has 0 saturated carbocycles. The van der Waals surface area contributed by atoms with Gasteiger partial charge in [-0.15, -0.1) is 0 Å². The van der Waals surface area contributed by atoms with Gasteiger partial charge >= 0.3 is 24.3 Å². The summed E-state index contributed by atoms with van der Waals surface area (Å²) in [7, 11) is 0. The lowest BCUT2D eigenvalue weighted by molar-refractivity contribution is -0.193. The summed E-state index contributed by atoms with van der Waals surface area (Å²) >= 11 is 0. The predicted molar refractivity (Wildman–Crippen MR) is 179 cm³/mol. The smallest absolute Gasteiger partial charge is 0.490 e. The van der Waals surface area contributed by atoms with Gasteiger partial charge in [-0.25, -0.2) is 19.0 Å². The van der Waals surface area contributed by atoms with Crippen molar-refractivity contribution in [1.29, 1.82) is 5.41 Å². The zero-order chi connectivity index (χ0) is 40.1. The summed E-state index contributed by atoms with van der Waals surface area (Å²) in [6, 6.07) is 18.0. The van der Waals surface area contributed by atoms with Crippen LogP contribution in [-0.4, -0.2) is 69.6 Å². The molecule has 0 saturated heterocycles. The van der Waals surface area contributed by atoms with E-state index in [0.717, 1.165) is 11.3 Å². The molecule has 0 spiro atoms. The van der Waals surface area contributed by atoms with Crippen molar-refractivity contribution in [2.24, 2.45) is 5.73 Å². The van der Waals surface area contributed by atoms with Crippen LogP contribution < -0.4 is 24.8 Å². The molecule has 0 aliphatic heterocycles. The van der Waals surface area contributed by atoms with E-state index < -0.39 is 30.1 Å². The number of nitrogen functional groups attached to an aromatic ring is 1. The molecule has 4 aromatic rings. The number of imidazole rings is 1. The Bertz CT molecular complexity index is 1810. The van der Waals surface area contributed by atoms with E-state index in [9.17, 15) is 26.3 Å². The van der Waals surface area contributed by atoms with Crippen LogP contribution in [0.3, 0.4) is 0 Å². The molecule has 0 aliphatic carbocycles. The fourth-order valence-electron chi connectivity index (χ4n) is 4.17. The molecule has 53 heavy (non-hydrogen) atoms. The molecule has 6 N–H and O–H groups in total. The standard InChI is InChI=1S/C30H34FN5O3.2C2HF3O2/c1-5-37-22-15-25(29(31)27(16-22)39-19(3)4)36(21-13-11-20(12-14-21)30(32)33)18-28-34-17-24(35-28)23-9-7-8-10-26(23)38-6-2;2*3-2(4,5)1(6)7/h7-17,19H,5-6,18H2,1-4H3,(H3,32,33)(H,34,35);2*(H,6,7). The summed E-state index contributed by atoms with van der Waals surface area (Å²) < 4.78 is 96.8. The lowest BCUT2D eigenvalue weighted by Crippen LogP contribution is -2.21. The van der Waals surface area contributed by atoms with E-state index in [1.165, 1.54) is 0 Å². The molecule has 0 radical (unpaired) electrons. The predicted octanol–water partition coefficient (Wildman–Crippen LogP) is 7.69. The SMILES string of the molecule is CCOc1cc(OC(C)C)c(F)c(N(Cc2nc(-c3ccccc3OCC)c[nH]2)c2ccc(C(=N)N)cc2)c1.O=C(O)C(F)(F)F.O=C(O)C(F)(F)F. The van der Waals surface area contributed by atoms with Gasteiger partial charge in [-0.1, -0.05) is 12.1 Å². The summed E-state index contributed by atoms with van der Waals surface area (Å²) in [6.45, 7) is 8.65. The van der Waals surface area contributed by atoms with E-state index in [1.807, 2.05) is 58.2 Å². The molecule has 288 valence electrons. The molecule has 0 fully saturated rings. The zero-order valence-electron chi connectivity index (χ0n) is 28.6. The molecule has 19 heteroatoms. The first-order chi connectivity index (χ1) is 24.7. The second-order valence-corrected chi connectivity index (χ2v) is 10.7. The van der Waals surface area contributed by atoms with Crippen molar-refractivity contribution in [2.75, 3.05) is 18.1 Å². The van der Waals surface area contributed by atoms with Gasteiger partial charge in [0.2, 0.25) is 0 Å². The first kappa shape index (κ1) is 43.2. The number of ether oxygens (including phenoxy) is 3. The molecule has 0 bridgehead atoms. The summed E-state index contributed by atoms with van der Waals surface area (Å²) in [5, 5.41) is 22.0. The number of carboxylic acids is 2. The van der Waals surface area contributed by atoms with Gasteiger partial charge in [-0.05, 0) is 64.1 Å². The first-order valence-corrected chi connectivity index (χ1v) is 15.4. The van der Waals surface area contributed by atoms with Crippen molar-refractivity contribution in [3.05, 3.63) is 84.1 Å². The van der Waals surface area contributed by atoms with Crippen molar-refractivity contribution in [2.45, 2.75) is 52.7 Å². The third-order valence-corrected chi connectivity index (χ3v) is 6.33. The van der Waals surface area contributed by atoms with Crippen LogP contribution in [-0.2, 0) is 16.1 Å². The molecule has 1 heterocycles. The Morgan fingerprint density at radius 1 is 0.906 bits per heavy atom. The van der Waals surface area contributed by atoms with Gasteiger partial charge in [-0.3, -0.25) is 5.41 Å². The highest BCUT2D eigenvalue weighted by molar-refractivity contribution is 5.95. The van der Waals surface area contributed by atoms with Crippen molar-refractivity contribution in [3.63, 3.8) is 0 Å². The molecular weight excluding hydrogens is 723 g/mol. The second kappa shape index (κ2) is 19.0. The van der Waals surface area contributed by atoms with Crippen molar-refractivity contribution >= 4 is 29.1 Å². The number of aromatic nitrogens is 2. The number of amidine groups is 1. The van der Waals surface area contributed by atoms with Crippen molar-refractivity contribution in [3.8, 4) is 28.5 Å². The van der Waals surface area contributed by atoms with Crippen LogP contribution in [0.15, 0.2) is 66.9 Å². The Morgan fingerprint density at radius 3 is 1.94 bits per heavy atom. The lowest BCUT2D eigenvalue weighted by atomic mass is 10.1. The Kier molecular flexibility index (Phi) is 15.5. The summed E-state index contributed by atoms with van der Waals surface area (Å²) in [4.78, 5) is 27.6. The molecule has 3 aromatic carbocycles.